The first-order valence-corrected chi connectivity index (χ1v) is 7.79. The smallest absolute Gasteiger partial charge is 0.241 e. The van der Waals surface area contributed by atoms with Gasteiger partial charge in [0.05, 0.1) is 18.8 Å². The number of aliphatic imine (C=N–C) groups is 1. The van der Waals surface area contributed by atoms with E-state index < -0.39 is 0 Å². The van der Waals surface area contributed by atoms with Crippen LogP contribution in [0, 0.1) is 0 Å². The van der Waals surface area contributed by atoms with Gasteiger partial charge in [0.25, 0.3) is 0 Å². The zero-order chi connectivity index (χ0) is 17.2. The zero-order valence-corrected chi connectivity index (χ0v) is 14.8. The third-order valence-corrected chi connectivity index (χ3v) is 3.10. The molecule has 7 nitrogen and oxygen atoms in total. The Morgan fingerprint density at radius 3 is 2.57 bits per heavy atom. The molecule has 23 heavy (non-hydrogen) atoms. The number of carbonyl (C=O) groups excluding carboxylic acids is 1. The summed E-state index contributed by atoms with van der Waals surface area (Å²) in [5, 5.41) is 6.25. The van der Waals surface area contributed by atoms with Gasteiger partial charge in [0.2, 0.25) is 5.91 Å². The standard InChI is InChI=1S/C16H28N6O/c1-6-10-17-16(19-12-15(23)22(4)5)18-11-13-8-7-9-14(20-13)21(2)3/h7-9H,6,10-12H2,1-5H3,(H2,17,18,19). The summed E-state index contributed by atoms with van der Waals surface area (Å²) in [7, 11) is 7.38. The number of nitrogens with one attached hydrogen (secondary N) is 2. The van der Waals surface area contributed by atoms with Crippen LogP contribution >= 0.6 is 0 Å². The molecule has 0 bridgehead atoms. The first-order valence-electron chi connectivity index (χ1n) is 7.79. The predicted octanol–water partition coefficient (Wildman–Crippen LogP) is 0.681. The molecule has 1 heterocycles. The molecule has 1 aromatic rings. The summed E-state index contributed by atoms with van der Waals surface area (Å²) in [5.41, 5.74) is 0.882. The van der Waals surface area contributed by atoms with Gasteiger partial charge in [-0.15, -0.1) is 0 Å². The summed E-state index contributed by atoms with van der Waals surface area (Å²) >= 11 is 0. The van der Waals surface area contributed by atoms with Crippen molar-refractivity contribution in [2.75, 3.05) is 46.2 Å². The maximum atomic E-state index is 11.7. The normalized spacial score (nSPS) is 11.1. The van der Waals surface area contributed by atoms with Crippen molar-refractivity contribution in [1.82, 2.24) is 20.5 Å². The molecule has 128 valence electrons. The molecule has 0 unspecified atom stereocenters. The number of hydrogen-bond acceptors (Lipinski definition) is 4. The van der Waals surface area contributed by atoms with Crippen LogP contribution in [0.2, 0.25) is 0 Å². The number of guanidine groups is 1. The lowest BCUT2D eigenvalue weighted by molar-refractivity contribution is -0.127. The van der Waals surface area contributed by atoms with E-state index in [1.807, 2.05) is 37.2 Å². The Bertz CT molecular complexity index is 527. The number of amides is 1. The highest BCUT2D eigenvalue weighted by Crippen LogP contribution is 2.08. The van der Waals surface area contributed by atoms with Crippen molar-refractivity contribution in [3.63, 3.8) is 0 Å². The molecule has 1 amide bonds. The number of likely N-dealkylation sites (N-methyl/N-ethyl adjacent to an activating group) is 1. The second-order valence-corrected chi connectivity index (χ2v) is 5.61. The SMILES string of the molecule is CCCNC(=NCc1cccc(N(C)C)n1)NCC(=O)N(C)C. The second kappa shape index (κ2) is 9.66. The molecule has 1 rings (SSSR count). The Kier molecular flexibility index (Phi) is 7.87. The molecule has 0 atom stereocenters. The molecule has 0 radical (unpaired) electrons. The molecule has 7 heteroatoms. The van der Waals surface area contributed by atoms with E-state index in [4.69, 9.17) is 0 Å². The Morgan fingerprint density at radius 2 is 1.96 bits per heavy atom. The molecule has 1 aromatic heterocycles. The monoisotopic (exact) mass is 320 g/mol. The fourth-order valence-corrected chi connectivity index (χ4v) is 1.70. The van der Waals surface area contributed by atoms with Gasteiger partial charge in [-0.3, -0.25) is 4.79 Å². The average Bonchev–Trinajstić information content (AvgIpc) is 2.53. The Balaban J connectivity index is 2.71. The van der Waals surface area contributed by atoms with Gasteiger partial charge < -0.3 is 20.4 Å². The van der Waals surface area contributed by atoms with E-state index in [0.29, 0.717) is 12.5 Å². The molecule has 0 saturated heterocycles. The Hall–Kier alpha value is -2.31. The van der Waals surface area contributed by atoms with Gasteiger partial charge in [0.15, 0.2) is 5.96 Å². The highest BCUT2D eigenvalue weighted by molar-refractivity contribution is 5.86. The highest BCUT2D eigenvalue weighted by atomic mass is 16.2. The fraction of sp³-hybridized carbons (Fsp3) is 0.562. The van der Waals surface area contributed by atoms with E-state index in [-0.39, 0.29) is 12.5 Å². The minimum atomic E-state index is 0.00345. The quantitative estimate of drug-likeness (QED) is 0.571. The number of rotatable bonds is 7. The molecular formula is C16H28N6O. The van der Waals surface area contributed by atoms with Gasteiger partial charge in [0.1, 0.15) is 5.82 Å². The Morgan fingerprint density at radius 1 is 1.22 bits per heavy atom. The van der Waals surface area contributed by atoms with Crippen LogP contribution in [-0.4, -0.2) is 63.0 Å². The molecular weight excluding hydrogens is 292 g/mol. The van der Waals surface area contributed by atoms with E-state index >= 15 is 0 Å². The number of carbonyl (C=O) groups is 1. The third-order valence-electron chi connectivity index (χ3n) is 3.10. The number of aromatic nitrogens is 1. The zero-order valence-electron chi connectivity index (χ0n) is 14.8. The molecule has 0 aliphatic heterocycles. The van der Waals surface area contributed by atoms with Crippen LogP contribution < -0.4 is 15.5 Å². The number of anilines is 1. The predicted molar refractivity (Wildman–Crippen MR) is 94.7 cm³/mol. The van der Waals surface area contributed by atoms with Crippen molar-refractivity contribution in [2.45, 2.75) is 19.9 Å². The highest BCUT2D eigenvalue weighted by Gasteiger charge is 2.06. The van der Waals surface area contributed by atoms with Crippen molar-refractivity contribution < 1.29 is 4.79 Å². The van der Waals surface area contributed by atoms with E-state index in [1.54, 1.807) is 19.0 Å². The summed E-state index contributed by atoms with van der Waals surface area (Å²) in [5.74, 6) is 1.53. The van der Waals surface area contributed by atoms with Gasteiger partial charge in [-0.2, -0.15) is 0 Å². The Labute approximate surface area is 138 Å². The minimum absolute atomic E-state index is 0.00345. The molecule has 0 aliphatic carbocycles. The topological polar surface area (TPSA) is 72.9 Å². The van der Waals surface area contributed by atoms with E-state index in [9.17, 15) is 4.79 Å². The van der Waals surface area contributed by atoms with Crippen LogP contribution in [0.25, 0.3) is 0 Å². The molecule has 2 N–H and O–H groups in total. The molecule has 0 aliphatic rings. The van der Waals surface area contributed by atoms with Crippen LogP contribution in [0.15, 0.2) is 23.2 Å². The van der Waals surface area contributed by atoms with Crippen LogP contribution in [0.5, 0.6) is 0 Å². The van der Waals surface area contributed by atoms with Gasteiger partial charge in [-0.25, -0.2) is 9.98 Å². The van der Waals surface area contributed by atoms with E-state index in [2.05, 4.69) is 27.5 Å². The summed E-state index contributed by atoms with van der Waals surface area (Å²) < 4.78 is 0. The largest absolute Gasteiger partial charge is 0.363 e. The summed E-state index contributed by atoms with van der Waals surface area (Å²) in [6, 6.07) is 5.87. The molecule has 0 spiro atoms. The van der Waals surface area contributed by atoms with Crippen LogP contribution in [0.4, 0.5) is 5.82 Å². The van der Waals surface area contributed by atoms with Crippen LogP contribution in [0.3, 0.4) is 0 Å². The van der Waals surface area contributed by atoms with Gasteiger partial charge in [-0.05, 0) is 18.6 Å². The van der Waals surface area contributed by atoms with Crippen molar-refractivity contribution >= 4 is 17.7 Å². The van der Waals surface area contributed by atoms with E-state index in [1.165, 1.54) is 0 Å². The summed E-state index contributed by atoms with van der Waals surface area (Å²) in [6.45, 7) is 3.55. The van der Waals surface area contributed by atoms with Crippen LogP contribution in [0.1, 0.15) is 19.0 Å². The second-order valence-electron chi connectivity index (χ2n) is 5.61. The number of pyridine rings is 1. The van der Waals surface area contributed by atoms with Gasteiger partial charge >= 0.3 is 0 Å². The fourth-order valence-electron chi connectivity index (χ4n) is 1.70. The maximum absolute atomic E-state index is 11.7. The summed E-state index contributed by atoms with van der Waals surface area (Å²) in [4.78, 5) is 24.2. The lowest BCUT2D eigenvalue weighted by Crippen LogP contribution is -2.43. The lowest BCUT2D eigenvalue weighted by atomic mass is 10.3. The van der Waals surface area contributed by atoms with E-state index in [0.717, 1.165) is 24.5 Å². The average molecular weight is 320 g/mol. The van der Waals surface area contributed by atoms with Crippen molar-refractivity contribution in [2.24, 2.45) is 4.99 Å². The first kappa shape index (κ1) is 18.7. The minimum Gasteiger partial charge on any atom is -0.363 e. The van der Waals surface area contributed by atoms with Crippen molar-refractivity contribution in [3.8, 4) is 0 Å². The van der Waals surface area contributed by atoms with Crippen molar-refractivity contribution in [1.29, 1.82) is 0 Å². The summed E-state index contributed by atoms with van der Waals surface area (Å²) in [6.07, 6.45) is 0.983. The van der Waals surface area contributed by atoms with Gasteiger partial charge in [0, 0.05) is 34.7 Å². The van der Waals surface area contributed by atoms with Gasteiger partial charge in [-0.1, -0.05) is 13.0 Å². The molecule has 0 aromatic carbocycles. The van der Waals surface area contributed by atoms with Crippen molar-refractivity contribution in [3.05, 3.63) is 23.9 Å². The maximum Gasteiger partial charge on any atom is 0.241 e. The number of hydrogen-bond donors (Lipinski definition) is 2. The van der Waals surface area contributed by atoms with Crippen LogP contribution in [-0.2, 0) is 11.3 Å². The third kappa shape index (κ3) is 6.99. The molecule has 0 saturated carbocycles. The lowest BCUT2D eigenvalue weighted by Gasteiger charge is -2.15. The first-order chi connectivity index (χ1) is 10.9. The number of nitrogens with zero attached hydrogens (tertiary/aromatic N) is 4. The molecule has 0 fully saturated rings.